The molecule has 0 amide bonds. The lowest BCUT2D eigenvalue weighted by molar-refractivity contribution is 0.125. The molecule has 1 heterocycles. The van der Waals surface area contributed by atoms with Crippen molar-refractivity contribution in [2.75, 3.05) is 65.6 Å². The van der Waals surface area contributed by atoms with Gasteiger partial charge in [0.1, 0.15) is 0 Å². The third kappa shape index (κ3) is 9.20. The number of piperazine rings is 1. The zero-order valence-electron chi connectivity index (χ0n) is 16.4. The van der Waals surface area contributed by atoms with Crippen LogP contribution >= 0.6 is 0 Å². The summed E-state index contributed by atoms with van der Waals surface area (Å²) in [6.07, 6.45) is 6.47. The lowest BCUT2D eigenvalue weighted by Gasteiger charge is -2.38. The van der Waals surface area contributed by atoms with E-state index in [0.29, 0.717) is 0 Å². The Kier molecular flexibility index (Phi) is 10.6. The summed E-state index contributed by atoms with van der Waals surface area (Å²) in [4.78, 5) is 7.95. The highest BCUT2D eigenvalue weighted by molar-refractivity contribution is 6.71. The van der Waals surface area contributed by atoms with Crippen LogP contribution in [0.25, 0.3) is 0 Å². The number of rotatable bonds is 12. The van der Waals surface area contributed by atoms with E-state index in [9.17, 15) is 0 Å². The van der Waals surface area contributed by atoms with E-state index < -0.39 is 8.32 Å². The van der Waals surface area contributed by atoms with Crippen LogP contribution in [-0.4, -0.2) is 88.7 Å². The fraction of sp³-hybridized carbons (Fsp3) is 1.00. The fourth-order valence-corrected chi connectivity index (χ4v) is 4.68. The molecule has 5 heteroatoms. The van der Waals surface area contributed by atoms with Crippen LogP contribution in [-0.2, 0) is 4.43 Å². The Balaban J connectivity index is 2.25. The van der Waals surface area contributed by atoms with Crippen molar-refractivity contribution >= 4 is 8.32 Å². The number of nitrogens with zero attached hydrogens (tertiary/aromatic N) is 3. The Hall–Kier alpha value is 0.0569. The van der Waals surface area contributed by atoms with Gasteiger partial charge < -0.3 is 14.2 Å². The first-order valence-corrected chi connectivity index (χ1v) is 12.8. The molecule has 1 rings (SSSR count). The van der Waals surface area contributed by atoms with Crippen molar-refractivity contribution in [3.05, 3.63) is 0 Å². The van der Waals surface area contributed by atoms with Crippen LogP contribution in [0.2, 0.25) is 13.1 Å². The van der Waals surface area contributed by atoms with E-state index in [2.05, 4.69) is 41.6 Å². The van der Waals surface area contributed by atoms with Gasteiger partial charge in [0, 0.05) is 52.5 Å². The zero-order chi connectivity index (χ0) is 17.1. The van der Waals surface area contributed by atoms with Gasteiger partial charge in [-0.15, -0.1) is 0 Å². The van der Waals surface area contributed by atoms with Crippen LogP contribution < -0.4 is 0 Å². The van der Waals surface area contributed by atoms with E-state index in [4.69, 9.17) is 4.43 Å². The average molecular weight is 344 g/mol. The quantitative estimate of drug-likeness (QED) is 0.507. The van der Waals surface area contributed by atoms with Gasteiger partial charge in [0.05, 0.1) is 0 Å². The SMILES string of the molecule is CCCCN(CCCC)CCN1CCN(C[Si](C)(C)OC)CC1. The highest BCUT2D eigenvalue weighted by Crippen LogP contribution is 2.09. The van der Waals surface area contributed by atoms with E-state index in [1.54, 1.807) is 0 Å². The second kappa shape index (κ2) is 11.6. The van der Waals surface area contributed by atoms with Crippen LogP contribution in [0, 0.1) is 0 Å². The summed E-state index contributed by atoms with van der Waals surface area (Å²) in [6, 6.07) is 0. The summed E-state index contributed by atoms with van der Waals surface area (Å²) in [5.41, 5.74) is 0. The van der Waals surface area contributed by atoms with E-state index in [1.165, 1.54) is 84.2 Å². The minimum atomic E-state index is -1.45. The Bertz CT molecular complexity index is 286. The minimum Gasteiger partial charge on any atom is -0.419 e. The molecule has 0 aliphatic carbocycles. The molecule has 0 aromatic rings. The lowest BCUT2D eigenvalue weighted by atomic mass is 10.2. The summed E-state index contributed by atoms with van der Waals surface area (Å²) >= 11 is 0. The molecule has 23 heavy (non-hydrogen) atoms. The molecule has 1 aliphatic heterocycles. The molecular weight excluding hydrogens is 302 g/mol. The van der Waals surface area contributed by atoms with Crippen LogP contribution in [0.1, 0.15) is 39.5 Å². The normalized spacial score (nSPS) is 18.0. The van der Waals surface area contributed by atoms with Gasteiger partial charge in [-0.25, -0.2) is 0 Å². The number of hydrogen-bond acceptors (Lipinski definition) is 4. The average Bonchev–Trinajstić information content (AvgIpc) is 2.55. The monoisotopic (exact) mass is 343 g/mol. The third-order valence-electron chi connectivity index (χ3n) is 5.01. The van der Waals surface area contributed by atoms with Crippen LogP contribution in [0.4, 0.5) is 0 Å². The molecule has 0 aromatic heterocycles. The van der Waals surface area contributed by atoms with Gasteiger partial charge in [-0.2, -0.15) is 0 Å². The van der Waals surface area contributed by atoms with Gasteiger partial charge in [-0.05, 0) is 39.0 Å². The molecule has 1 fully saturated rings. The molecule has 0 unspecified atom stereocenters. The standard InChI is InChI=1S/C18H41N3OSi/c1-6-8-10-19(11-9-7-2)12-13-20-14-16-21(17-15-20)18-23(4,5)22-3/h6-18H2,1-5H3. The van der Waals surface area contributed by atoms with Gasteiger partial charge in [0.25, 0.3) is 0 Å². The van der Waals surface area contributed by atoms with Gasteiger partial charge in [0.15, 0.2) is 8.32 Å². The molecule has 1 saturated heterocycles. The zero-order valence-corrected chi connectivity index (χ0v) is 17.4. The van der Waals surface area contributed by atoms with E-state index in [-0.39, 0.29) is 0 Å². The molecule has 4 nitrogen and oxygen atoms in total. The van der Waals surface area contributed by atoms with Crippen molar-refractivity contribution in [1.82, 2.24) is 14.7 Å². The van der Waals surface area contributed by atoms with Crippen LogP contribution in [0.3, 0.4) is 0 Å². The molecule has 0 radical (unpaired) electrons. The molecule has 1 aliphatic rings. The van der Waals surface area contributed by atoms with Crippen molar-refractivity contribution in [1.29, 1.82) is 0 Å². The largest absolute Gasteiger partial charge is 0.419 e. The topological polar surface area (TPSA) is 19.0 Å². The Labute approximate surface area is 146 Å². The maximum atomic E-state index is 5.70. The first-order chi connectivity index (χ1) is 11.0. The van der Waals surface area contributed by atoms with Crippen LogP contribution in [0.15, 0.2) is 0 Å². The molecule has 0 N–H and O–H groups in total. The molecule has 0 saturated carbocycles. The molecule has 138 valence electrons. The molecule has 0 bridgehead atoms. The summed E-state index contributed by atoms with van der Waals surface area (Å²) in [6.45, 7) is 19.2. The Morgan fingerprint density at radius 3 is 1.87 bits per heavy atom. The first kappa shape index (κ1) is 21.1. The van der Waals surface area contributed by atoms with Crippen molar-refractivity contribution in [2.24, 2.45) is 0 Å². The predicted octanol–water partition coefficient (Wildman–Crippen LogP) is 2.90. The Morgan fingerprint density at radius 1 is 0.870 bits per heavy atom. The van der Waals surface area contributed by atoms with Gasteiger partial charge in [-0.3, -0.25) is 4.90 Å². The highest BCUT2D eigenvalue weighted by Gasteiger charge is 2.26. The van der Waals surface area contributed by atoms with Gasteiger partial charge in [0.2, 0.25) is 0 Å². The van der Waals surface area contributed by atoms with Crippen LogP contribution in [0.5, 0.6) is 0 Å². The summed E-state index contributed by atoms with van der Waals surface area (Å²) in [5, 5.41) is 0. The minimum absolute atomic E-state index is 1.18. The summed E-state index contributed by atoms with van der Waals surface area (Å²) < 4.78 is 5.70. The maximum Gasteiger partial charge on any atom is 0.199 e. The first-order valence-electron chi connectivity index (χ1n) is 9.73. The van der Waals surface area contributed by atoms with Gasteiger partial charge >= 0.3 is 0 Å². The lowest BCUT2D eigenvalue weighted by Crippen LogP contribution is -2.53. The smallest absolute Gasteiger partial charge is 0.199 e. The van der Waals surface area contributed by atoms with Gasteiger partial charge in [-0.1, -0.05) is 26.7 Å². The van der Waals surface area contributed by atoms with Crippen molar-refractivity contribution in [3.8, 4) is 0 Å². The predicted molar refractivity (Wildman–Crippen MR) is 104 cm³/mol. The van der Waals surface area contributed by atoms with Crippen molar-refractivity contribution in [2.45, 2.75) is 52.6 Å². The summed E-state index contributed by atoms with van der Waals surface area (Å²) in [5.74, 6) is 0. The number of hydrogen-bond donors (Lipinski definition) is 0. The summed E-state index contributed by atoms with van der Waals surface area (Å²) in [7, 11) is 0.425. The highest BCUT2D eigenvalue weighted by atomic mass is 28.4. The molecule has 0 aromatic carbocycles. The molecule has 0 atom stereocenters. The maximum absolute atomic E-state index is 5.70. The molecular formula is C18H41N3OSi. The van der Waals surface area contributed by atoms with Crippen molar-refractivity contribution in [3.63, 3.8) is 0 Å². The van der Waals surface area contributed by atoms with E-state index in [0.717, 1.165) is 0 Å². The van der Waals surface area contributed by atoms with E-state index >= 15 is 0 Å². The fourth-order valence-electron chi connectivity index (χ4n) is 3.16. The second-order valence-electron chi connectivity index (χ2n) is 7.63. The molecule has 0 spiro atoms. The van der Waals surface area contributed by atoms with E-state index in [1.807, 2.05) is 7.11 Å². The van der Waals surface area contributed by atoms with Crippen molar-refractivity contribution < 1.29 is 4.43 Å². The number of unbranched alkanes of at least 4 members (excludes halogenated alkanes) is 2. The second-order valence-corrected chi connectivity index (χ2v) is 11.9. The third-order valence-corrected chi connectivity index (χ3v) is 7.32. The Morgan fingerprint density at radius 2 is 1.39 bits per heavy atom.